The minimum absolute atomic E-state index is 0.0912. The molecule has 0 spiro atoms. The summed E-state index contributed by atoms with van der Waals surface area (Å²) in [7, 11) is -3.72. The van der Waals surface area contributed by atoms with Gasteiger partial charge in [0.1, 0.15) is 4.60 Å². The number of anilines is 1. The molecule has 1 aromatic heterocycles. The van der Waals surface area contributed by atoms with Crippen LogP contribution in [0.25, 0.3) is 0 Å². The molecule has 9 heteroatoms. The van der Waals surface area contributed by atoms with Crippen LogP contribution in [0.15, 0.2) is 44.6 Å². The molecule has 0 aliphatic carbocycles. The summed E-state index contributed by atoms with van der Waals surface area (Å²) in [5.41, 5.74) is 0. The number of halogens is 3. The Hall–Kier alpha value is -0.700. The van der Waals surface area contributed by atoms with E-state index in [1.165, 1.54) is 30.5 Å². The Morgan fingerprint density at radius 2 is 1.79 bits per heavy atom. The van der Waals surface area contributed by atoms with Gasteiger partial charge in [0.25, 0.3) is 10.0 Å². The molecule has 0 amide bonds. The smallest absolute Gasteiger partial charge is 0.261 e. The molecule has 0 radical (unpaired) electrons. The number of rotatable bonds is 3. The van der Waals surface area contributed by atoms with Crippen molar-refractivity contribution >= 4 is 59.3 Å². The minimum atomic E-state index is -3.72. The molecule has 0 unspecified atom stereocenters. The number of nitrogens with one attached hydrogen (secondary N) is 1. The molecule has 2 rings (SSSR count). The predicted octanol–water partition coefficient (Wildman–Crippen LogP) is 3.46. The first kappa shape index (κ1) is 14.7. The van der Waals surface area contributed by atoms with Gasteiger partial charge in [0.15, 0.2) is 10.4 Å². The molecule has 0 aliphatic rings. The fraction of sp³-hybridized carbons (Fsp3) is 0. The van der Waals surface area contributed by atoms with Crippen molar-refractivity contribution in [1.82, 2.24) is 9.97 Å². The van der Waals surface area contributed by atoms with Gasteiger partial charge in [-0.25, -0.2) is 18.4 Å². The number of nitrogens with zero attached hydrogens (tertiary/aromatic N) is 2. The number of aromatic nitrogens is 2. The van der Waals surface area contributed by atoms with Gasteiger partial charge >= 0.3 is 0 Å². The molecule has 0 saturated carbocycles. The standard InChI is InChI=1S/C10H6Br2ClN3O2S/c11-8-5-14-10(9(12)15-8)16-19(17,18)7-3-1-6(13)2-4-7/h1-5H,(H,14,16). The molecule has 1 aromatic carbocycles. The Kier molecular flexibility index (Phi) is 4.44. The zero-order valence-corrected chi connectivity index (χ0v) is 13.9. The zero-order valence-electron chi connectivity index (χ0n) is 9.14. The summed E-state index contributed by atoms with van der Waals surface area (Å²) in [5.74, 6) is 0.109. The average molecular weight is 428 g/mol. The van der Waals surface area contributed by atoms with Crippen molar-refractivity contribution in [2.45, 2.75) is 4.90 Å². The number of benzene rings is 1. The van der Waals surface area contributed by atoms with Crippen molar-refractivity contribution < 1.29 is 8.42 Å². The zero-order chi connectivity index (χ0) is 14.0. The third-order valence-electron chi connectivity index (χ3n) is 2.06. The molecule has 2 aromatic rings. The van der Waals surface area contributed by atoms with Crippen LogP contribution in [-0.4, -0.2) is 18.4 Å². The van der Waals surface area contributed by atoms with Crippen molar-refractivity contribution in [3.05, 3.63) is 44.7 Å². The van der Waals surface area contributed by atoms with E-state index in [0.717, 1.165) is 0 Å². The molecule has 19 heavy (non-hydrogen) atoms. The lowest BCUT2D eigenvalue weighted by molar-refractivity contribution is 0.601. The van der Waals surface area contributed by atoms with Crippen LogP contribution in [0.1, 0.15) is 0 Å². The first-order valence-corrected chi connectivity index (χ1v) is 8.29. The summed E-state index contributed by atoms with van der Waals surface area (Å²) in [4.78, 5) is 8.01. The topological polar surface area (TPSA) is 72.0 Å². The van der Waals surface area contributed by atoms with Crippen LogP contribution in [0.5, 0.6) is 0 Å². The van der Waals surface area contributed by atoms with Gasteiger partial charge in [-0.3, -0.25) is 4.72 Å². The molecule has 100 valence electrons. The van der Waals surface area contributed by atoms with E-state index < -0.39 is 10.0 Å². The van der Waals surface area contributed by atoms with Crippen LogP contribution in [-0.2, 0) is 10.0 Å². The Morgan fingerprint density at radius 3 is 2.37 bits per heavy atom. The third kappa shape index (κ3) is 3.65. The normalized spacial score (nSPS) is 11.3. The van der Waals surface area contributed by atoms with E-state index in [9.17, 15) is 8.42 Å². The highest BCUT2D eigenvalue weighted by atomic mass is 79.9. The fourth-order valence-electron chi connectivity index (χ4n) is 1.22. The summed E-state index contributed by atoms with van der Waals surface area (Å²) < 4.78 is 27.3. The van der Waals surface area contributed by atoms with Gasteiger partial charge in [0.05, 0.1) is 11.1 Å². The van der Waals surface area contributed by atoms with E-state index in [0.29, 0.717) is 14.2 Å². The first-order valence-electron chi connectivity index (χ1n) is 4.85. The molecule has 0 fully saturated rings. The number of hydrogen-bond donors (Lipinski definition) is 1. The van der Waals surface area contributed by atoms with Crippen LogP contribution >= 0.6 is 43.5 Å². The summed E-state index contributed by atoms with van der Waals surface area (Å²) in [6.45, 7) is 0. The van der Waals surface area contributed by atoms with E-state index in [1.807, 2.05) is 0 Å². The quantitative estimate of drug-likeness (QED) is 0.814. The second-order valence-electron chi connectivity index (χ2n) is 3.39. The lowest BCUT2D eigenvalue weighted by Gasteiger charge is -2.08. The summed E-state index contributed by atoms with van der Waals surface area (Å²) >= 11 is 12.0. The molecule has 5 nitrogen and oxygen atoms in total. The Labute approximate surface area is 131 Å². The van der Waals surface area contributed by atoms with Crippen molar-refractivity contribution in [2.75, 3.05) is 4.72 Å². The maximum Gasteiger partial charge on any atom is 0.263 e. The first-order chi connectivity index (χ1) is 8.88. The summed E-state index contributed by atoms with van der Waals surface area (Å²) in [5, 5.41) is 0.462. The van der Waals surface area contributed by atoms with Gasteiger partial charge in [-0.2, -0.15) is 0 Å². The fourth-order valence-corrected chi connectivity index (χ4v) is 3.40. The van der Waals surface area contributed by atoms with Gasteiger partial charge in [0, 0.05) is 5.02 Å². The number of hydrogen-bond acceptors (Lipinski definition) is 4. The van der Waals surface area contributed by atoms with E-state index >= 15 is 0 Å². The molecular weight excluding hydrogens is 421 g/mol. The molecule has 0 saturated heterocycles. The highest BCUT2D eigenvalue weighted by Gasteiger charge is 2.17. The monoisotopic (exact) mass is 425 g/mol. The average Bonchev–Trinajstić information content (AvgIpc) is 2.33. The van der Waals surface area contributed by atoms with E-state index in [2.05, 4.69) is 46.5 Å². The van der Waals surface area contributed by atoms with Gasteiger partial charge < -0.3 is 0 Å². The lowest BCUT2D eigenvalue weighted by Crippen LogP contribution is -2.14. The summed E-state index contributed by atoms with van der Waals surface area (Å²) in [6.07, 6.45) is 1.39. The predicted molar refractivity (Wildman–Crippen MR) is 79.7 cm³/mol. The number of sulfonamides is 1. The summed E-state index contributed by atoms with van der Waals surface area (Å²) in [6, 6.07) is 5.81. The highest BCUT2D eigenvalue weighted by molar-refractivity contribution is 9.11. The molecule has 0 bridgehead atoms. The largest absolute Gasteiger partial charge is 0.263 e. The van der Waals surface area contributed by atoms with Crippen LogP contribution < -0.4 is 4.72 Å². The van der Waals surface area contributed by atoms with Crippen molar-refractivity contribution in [1.29, 1.82) is 0 Å². The van der Waals surface area contributed by atoms with E-state index in [-0.39, 0.29) is 10.7 Å². The van der Waals surface area contributed by atoms with Crippen molar-refractivity contribution in [3.63, 3.8) is 0 Å². The Balaban J connectivity index is 2.33. The molecule has 1 heterocycles. The minimum Gasteiger partial charge on any atom is -0.261 e. The molecule has 0 atom stereocenters. The molecule has 1 N–H and O–H groups in total. The second kappa shape index (κ2) is 5.74. The van der Waals surface area contributed by atoms with Crippen LogP contribution in [0.4, 0.5) is 5.82 Å². The van der Waals surface area contributed by atoms with E-state index in [4.69, 9.17) is 11.6 Å². The molecular formula is C10H6Br2ClN3O2S. The second-order valence-corrected chi connectivity index (χ2v) is 7.07. The van der Waals surface area contributed by atoms with Gasteiger partial charge in [-0.1, -0.05) is 11.6 Å². The Bertz CT molecular complexity index is 707. The maximum atomic E-state index is 12.1. The highest BCUT2D eigenvalue weighted by Crippen LogP contribution is 2.23. The Morgan fingerprint density at radius 1 is 1.16 bits per heavy atom. The third-order valence-corrected chi connectivity index (χ3v) is 4.60. The van der Waals surface area contributed by atoms with Crippen LogP contribution in [0.2, 0.25) is 5.02 Å². The molecule has 0 aliphatic heterocycles. The van der Waals surface area contributed by atoms with E-state index in [1.54, 1.807) is 0 Å². The van der Waals surface area contributed by atoms with Crippen LogP contribution in [0.3, 0.4) is 0 Å². The van der Waals surface area contributed by atoms with Gasteiger partial charge in [0.2, 0.25) is 0 Å². The van der Waals surface area contributed by atoms with Crippen LogP contribution in [0, 0.1) is 0 Å². The SMILES string of the molecule is O=S(=O)(Nc1ncc(Br)nc1Br)c1ccc(Cl)cc1. The lowest BCUT2D eigenvalue weighted by atomic mass is 10.4. The van der Waals surface area contributed by atoms with Gasteiger partial charge in [-0.15, -0.1) is 0 Å². The maximum absolute atomic E-state index is 12.1. The van der Waals surface area contributed by atoms with Gasteiger partial charge in [-0.05, 0) is 56.1 Å². The van der Waals surface area contributed by atoms with Crippen molar-refractivity contribution in [2.24, 2.45) is 0 Å². The van der Waals surface area contributed by atoms with Crippen molar-refractivity contribution in [3.8, 4) is 0 Å².